The molecule has 6 heteroatoms. The van der Waals surface area contributed by atoms with Gasteiger partial charge >= 0.3 is 6.03 Å². The lowest BCUT2D eigenvalue weighted by Gasteiger charge is -2.09. The average Bonchev–Trinajstić information content (AvgIpc) is 2.41. The van der Waals surface area contributed by atoms with Crippen molar-refractivity contribution in [3.63, 3.8) is 0 Å². The molecule has 3 N–H and O–H groups in total. The largest absolute Gasteiger partial charge is 0.389 e. The van der Waals surface area contributed by atoms with Crippen LogP contribution in [0.1, 0.15) is 18.6 Å². The zero-order valence-corrected chi connectivity index (χ0v) is 12.4. The highest BCUT2D eigenvalue weighted by Gasteiger charge is 2.06. The summed E-state index contributed by atoms with van der Waals surface area (Å²) in [5.74, 6) is 0.456. The van der Waals surface area contributed by atoms with Crippen LogP contribution in [-0.4, -0.2) is 16.1 Å². The Balaban J connectivity index is 2.01. The molecule has 2 amide bonds. The molecule has 0 radical (unpaired) electrons. The molecule has 0 fully saturated rings. The summed E-state index contributed by atoms with van der Waals surface area (Å²) < 4.78 is 0.841. The number of benzene rings is 1. The molecule has 1 atom stereocenters. The van der Waals surface area contributed by atoms with Crippen LogP contribution in [0.25, 0.3) is 0 Å². The second-order valence-electron chi connectivity index (χ2n) is 4.24. The highest BCUT2D eigenvalue weighted by Crippen LogP contribution is 2.17. The van der Waals surface area contributed by atoms with Crippen molar-refractivity contribution in [2.45, 2.75) is 13.0 Å². The standard InChI is InChI=1S/C14H14BrN3O2/c1-9(19)10-3-2-4-12(7-10)17-14(20)18-13-6-5-11(15)8-16-13/h2-9,19H,1H3,(H2,16,17,18,20). The minimum absolute atomic E-state index is 0.387. The van der Waals surface area contributed by atoms with Crippen LogP contribution in [-0.2, 0) is 0 Å². The first-order valence-corrected chi connectivity index (χ1v) is 6.81. The number of hydrogen-bond acceptors (Lipinski definition) is 3. The summed E-state index contributed by atoms with van der Waals surface area (Å²) in [7, 11) is 0. The molecule has 0 spiro atoms. The summed E-state index contributed by atoms with van der Waals surface area (Å²) in [4.78, 5) is 15.9. The first-order valence-electron chi connectivity index (χ1n) is 6.02. The first-order chi connectivity index (χ1) is 9.54. The predicted molar refractivity (Wildman–Crippen MR) is 81.7 cm³/mol. The smallest absolute Gasteiger partial charge is 0.324 e. The number of rotatable bonds is 3. The zero-order valence-electron chi connectivity index (χ0n) is 10.8. The molecule has 20 heavy (non-hydrogen) atoms. The van der Waals surface area contributed by atoms with E-state index in [9.17, 15) is 9.90 Å². The maximum absolute atomic E-state index is 11.8. The van der Waals surface area contributed by atoms with Crippen molar-refractivity contribution in [1.82, 2.24) is 4.98 Å². The maximum atomic E-state index is 11.8. The number of carbonyl (C=O) groups is 1. The van der Waals surface area contributed by atoms with Gasteiger partial charge in [0.15, 0.2) is 0 Å². The zero-order chi connectivity index (χ0) is 14.5. The molecule has 5 nitrogen and oxygen atoms in total. The van der Waals surface area contributed by atoms with E-state index >= 15 is 0 Å². The molecular weight excluding hydrogens is 322 g/mol. The monoisotopic (exact) mass is 335 g/mol. The Morgan fingerprint density at radius 3 is 2.75 bits per heavy atom. The number of aromatic nitrogens is 1. The number of halogens is 1. The second-order valence-corrected chi connectivity index (χ2v) is 5.16. The van der Waals surface area contributed by atoms with E-state index in [1.54, 1.807) is 49.5 Å². The molecule has 104 valence electrons. The van der Waals surface area contributed by atoms with Gasteiger partial charge in [0.05, 0.1) is 6.10 Å². The van der Waals surface area contributed by atoms with Gasteiger partial charge in [0.2, 0.25) is 0 Å². The van der Waals surface area contributed by atoms with E-state index in [-0.39, 0.29) is 6.03 Å². The van der Waals surface area contributed by atoms with Gasteiger partial charge < -0.3 is 10.4 Å². The second kappa shape index (κ2) is 6.49. The fraction of sp³-hybridized carbons (Fsp3) is 0.143. The lowest BCUT2D eigenvalue weighted by atomic mass is 10.1. The molecule has 0 saturated heterocycles. The molecule has 0 aliphatic heterocycles. The Kier molecular flexibility index (Phi) is 4.70. The van der Waals surface area contributed by atoms with E-state index in [0.717, 1.165) is 10.0 Å². The molecule has 1 aromatic heterocycles. The van der Waals surface area contributed by atoms with Gasteiger partial charge in [-0.1, -0.05) is 12.1 Å². The number of urea groups is 1. The lowest BCUT2D eigenvalue weighted by molar-refractivity contribution is 0.199. The van der Waals surface area contributed by atoms with Crippen LogP contribution in [0.3, 0.4) is 0 Å². The van der Waals surface area contributed by atoms with Gasteiger partial charge in [0.1, 0.15) is 5.82 Å². The van der Waals surface area contributed by atoms with Crippen molar-refractivity contribution >= 4 is 33.5 Å². The molecular formula is C14H14BrN3O2. The molecule has 1 aromatic carbocycles. The number of nitrogens with one attached hydrogen (secondary N) is 2. The number of aliphatic hydroxyl groups excluding tert-OH is 1. The number of nitrogens with zero attached hydrogens (tertiary/aromatic N) is 1. The van der Waals surface area contributed by atoms with E-state index in [1.165, 1.54) is 0 Å². The van der Waals surface area contributed by atoms with Crippen LogP contribution < -0.4 is 10.6 Å². The number of pyridine rings is 1. The van der Waals surface area contributed by atoms with Crippen molar-refractivity contribution in [2.24, 2.45) is 0 Å². The summed E-state index contributed by atoms with van der Waals surface area (Å²) in [6, 6.07) is 10.1. The van der Waals surface area contributed by atoms with Gasteiger partial charge in [-0.3, -0.25) is 5.32 Å². The normalized spacial score (nSPS) is 11.8. The lowest BCUT2D eigenvalue weighted by Crippen LogP contribution is -2.20. The molecule has 2 aromatic rings. The molecule has 1 unspecified atom stereocenters. The Morgan fingerprint density at radius 1 is 1.30 bits per heavy atom. The first kappa shape index (κ1) is 14.5. The Labute approximate surface area is 125 Å². The molecule has 0 aliphatic carbocycles. The van der Waals surface area contributed by atoms with Crippen molar-refractivity contribution in [2.75, 3.05) is 10.6 Å². The minimum Gasteiger partial charge on any atom is -0.389 e. The highest BCUT2D eigenvalue weighted by molar-refractivity contribution is 9.10. The third kappa shape index (κ3) is 4.04. The van der Waals surface area contributed by atoms with Crippen LogP contribution in [0.2, 0.25) is 0 Å². The topological polar surface area (TPSA) is 74.2 Å². The van der Waals surface area contributed by atoms with Crippen molar-refractivity contribution in [1.29, 1.82) is 0 Å². The van der Waals surface area contributed by atoms with Gasteiger partial charge in [-0.2, -0.15) is 0 Å². The van der Waals surface area contributed by atoms with Crippen LogP contribution in [0, 0.1) is 0 Å². The Bertz CT molecular complexity index is 600. The minimum atomic E-state index is -0.576. The van der Waals surface area contributed by atoms with E-state index in [0.29, 0.717) is 11.5 Å². The van der Waals surface area contributed by atoms with E-state index in [4.69, 9.17) is 0 Å². The van der Waals surface area contributed by atoms with Crippen molar-refractivity contribution in [3.05, 3.63) is 52.6 Å². The number of carbonyl (C=O) groups excluding carboxylic acids is 1. The van der Waals surface area contributed by atoms with Gasteiger partial charge in [-0.05, 0) is 52.7 Å². The Morgan fingerprint density at radius 2 is 2.10 bits per heavy atom. The predicted octanol–water partition coefficient (Wildman–Crippen LogP) is 3.54. The number of amides is 2. The maximum Gasteiger partial charge on any atom is 0.324 e. The van der Waals surface area contributed by atoms with Crippen LogP contribution >= 0.6 is 15.9 Å². The summed E-state index contributed by atoms with van der Waals surface area (Å²) in [5, 5.41) is 14.8. The van der Waals surface area contributed by atoms with Gasteiger partial charge in [-0.25, -0.2) is 9.78 Å². The molecule has 1 heterocycles. The van der Waals surface area contributed by atoms with Crippen LogP contribution in [0.5, 0.6) is 0 Å². The molecule has 2 rings (SSSR count). The summed E-state index contributed by atoms with van der Waals surface area (Å²) in [5.41, 5.74) is 1.35. The summed E-state index contributed by atoms with van der Waals surface area (Å²) in [6.45, 7) is 1.67. The number of anilines is 2. The van der Waals surface area contributed by atoms with Gasteiger partial charge in [0.25, 0.3) is 0 Å². The van der Waals surface area contributed by atoms with Crippen LogP contribution in [0.4, 0.5) is 16.3 Å². The van der Waals surface area contributed by atoms with Crippen molar-refractivity contribution < 1.29 is 9.90 Å². The third-order valence-electron chi connectivity index (χ3n) is 2.60. The van der Waals surface area contributed by atoms with E-state index in [1.807, 2.05) is 0 Å². The van der Waals surface area contributed by atoms with E-state index < -0.39 is 6.10 Å². The number of aliphatic hydroxyl groups is 1. The quantitative estimate of drug-likeness (QED) is 0.803. The summed E-state index contributed by atoms with van der Waals surface area (Å²) in [6.07, 6.45) is 1.02. The molecule has 0 aliphatic rings. The third-order valence-corrected chi connectivity index (χ3v) is 3.06. The van der Waals surface area contributed by atoms with Gasteiger partial charge in [-0.15, -0.1) is 0 Å². The average molecular weight is 336 g/mol. The Hall–Kier alpha value is -1.92. The summed E-state index contributed by atoms with van der Waals surface area (Å²) >= 11 is 3.27. The number of hydrogen-bond donors (Lipinski definition) is 3. The fourth-order valence-corrected chi connectivity index (χ4v) is 1.84. The van der Waals surface area contributed by atoms with Crippen LogP contribution in [0.15, 0.2) is 47.1 Å². The fourth-order valence-electron chi connectivity index (χ4n) is 1.60. The van der Waals surface area contributed by atoms with Gasteiger partial charge in [0, 0.05) is 16.4 Å². The SMILES string of the molecule is CC(O)c1cccc(NC(=O)Nc2ccc(Br)cn2)c1. The molecule has 0 bridgehead atoms. The molecule has 0 saturated carbocycles. The van der Waals surface area contributed by atoms with E-state index in [2.05, 4.69) is 31.5 Å². The highest BCUT2D eigenvalue weighted by atomic mass is 79.9. The van der Waals surface area contributed by atoms with Crippen molar-refractivity contribution in [3.8, 4) is 0 Å².